The second kappa shape index (κ2) is 7.66. The van der Waals surface area contributed by atoms with Crippen molar-refractivity contribution in [3.05, 3.63) is 59.8 Å². The van der Waals surface area contributed by atoms with Gasteiger partial charge in [-0.2, -0.15) is 5.10 Å². The fourth-order valence-corrected chi connectivity index (χ4v) is 4.03. The maximum absolute atomic E-state index is 12.6. The molecule has 0 amide bonds. The molecule has 1 aliphatic heterocycles. The van der Waals surface area contributed by atoms with Gasteiger partial charge in [-0.3, -0.25) is 19.0 Å². The normalized spacial score (nSPS) is 15.0. The van der Waals surface area contributed by atoms with E-state index >= 15 is 0 Å². The Hall–Kier alpha value is -3.62. The molecule has 0 atom stereocenters. The highest BCUT2D eigenvalue weighted by Gasteiger charge is 2.23. The zero-order valence-corrected chi connectivity index (χ0v) is 16.7. The monoisotopic (exact) mass is 402 g/mol. The van der Waals surface area contributed by atoms with Crippen LogP contribution in [-0.4, -0.2) is 47.4 Å². The highest BCUT2D eigenvalue weighted by atomic mass is 16.1. The predicted molar refractivity (Wildman–Crippen MR) is 113 cm³/mol. The van der Waals surface area contributed by atoms with E-state index in [4.69, 9.17) is 0 Å². The minimum atomic E-state index is -0.0286. The van der Waals surface area contributed by atoms with Crippen molar-refractivity contribution in [2.75, 3.05) is 18.0 Å². The third kappa shape index (κ3) is 3.54. The topological polar surface area (TPSA) is 94.6 Å². The number of fused-ring (bicyclic) bond motifs is 1. The highest BCUT2D eigenvalue weighted by Crippen LogP contribution is 2.27. The van der Waals surface area contributed by atoms with Crippen LogP contribution >= 0.6 is 0 Å². The quantitative estimate of drug-likeness (QED) is 0.514. The largest absolute Gasteiger partial charge is 0.356 e. The van der Waals surface area contributed by atoms with Crippen LogP contribution in [0.4, 0.5) is 5.82 Å². The summed E-state index contributed by atoms with van der Waals surface area (Å²) in [6.45, 7) is 2.46. The van der Waals surface area contributed by atoms with Crippen LogP contribution in [0.2, 0.25) is 0 Å². The van der Waals surface area contributed by atoms with E-state index in [9.17, 15) is 4.79 Å². The van der Waals surface area contributed by atoms with Gasteiger partial charge in [-0.05, 0) is 30.9 Å². The molecule has 1 fully saturated rings. The fraction of sp³-hybridized carbons (Fsp3) is 0.333. The van der Waals surface area contributed by atoms with Gasteiger partial charge in [0.15, 0.2) is 5.65 Å². The minimum absolute atomic E-state index is 0.0286. The van der Waals surface area contributed by atoms with Gasteiger partial charge in [-0.15, -0.1) is 0 Å². The van der Waals surface area contributed by atoms with Crippen molar-refractivity contribution in [2.45, 2.75) is 19.4 Å². The lowest BCUT2D eigenvalue weighted by Gasteiger charge is -2.33. The second-order valence-electron chi connectivity index (χ2n) is 7.67. The zero-order chi connectivity index (χ0) is 20.5. The SMILES string of the molecule is Cn1cc2c(N3CCC(Cn4cnc(-c5cccnc5)cc4=O)CC3)ncnc2n1. The number of nitrogens with zero attached hydrogens (tertiary/aromatic N) is 8. The number of anilines is 1. The van der Waals surface area contributed by atoms with Gasteiger partial charge in [0.05, 0.1) is 17.4 Å². The number of piperidine rings is 1. The Morgan fingerprint density at radius 1 is 1.17 bits per heavy atom. The van der Waals surface area contributed by atoms with Crippen molar-refractivity contribution in [3.8, 4) is 11.3 Å². The van der Waals surface area contributed by atoms with Gasteiger partial charge in [0.2, 0.25) is 0 Å². The van der Waals surface area contributed by atoms with Crippen molar-refractivity contribution in [3.63, 3.8) is 0 Å². The molecule has 4 aromatic heterocycles. The van der Waals surface area contributed by atoms with Crippen LogP contribution in [0.3, 0.4) is 0 Å². The molecule has 5 heterocycles. The van der Waals surface area contributed by atoms with E-state index in [0.29, 0.717) is 18.2 Å². The van der Waals surface area contributed by atoms with Crippen LogP contribution in [0, 0.1) is 5.92 Å². The molecule has 0 unspecified atom stereocenters. The minimum Gasteiger partial charge on any atom is -0.356 e. The Morgan fingerprint density at radius 2 is 2.03 bits per heavy atom. The molecule has 0 saturated carbocycles. The lowest BCUT2D eigenvalue weighted by molar-refractivity contribution is 0.350. The summed E-state index contributed by atoms with van der Waals surface area (Å²) in [7, 11) is 1.89. The lowest BCUT2D eigenvalue weighted by Crippen LogP contribution is -2.36. The average molecular weight is 402 g/mol. The third-order valence-electron chi connectivity index (χ3n) is 5.62. The first-order chi connectivity index (χ1) is 14.7. The van der Waals surface area contributed by atoms with Gasteiger partial charge in [0, 0.05) is 56.9 Å². The van der Waals surface area contributed by atoms with Crippen LogP contribution in [0.25, 0.3) is 22.3 Å². The third-order valence-corrected chi connectivity index (χ3v) is 5.62. The summed E-state index contributed by atoms with van der Waals surface area (Å²) in [4.78, 5) is 32.2. The maximum atomic E-state index is 12.6. The highest BCUT2D eigenvalue weighted by molar-refractivity contribution is 5.86. The van der Waals surface area contributed by atoms with E-state index in [-0.39, 0.29) is 5.56 Å². The number of pyridine rings is 1. The van der Waals surface area contributed by atoms with Gasteiger partial charge in [0.25, 0.3) is 5.56 Å². The molecular formula is C21H22N8O. The predicted octanol–water partition coefficient (Wildman–Crippen LogP) is 1.90. The molecule has 152 valence electrons. The van der Waals surface area contributed by atoms with E-state index in [2.05, 4.69) is 29.9 Å². The van der Waals surface area contributed by atoms with E-state index in [1.54, 1.807) is 40.4 Å². The van der Waals surface area contributed by atoms with Crippen molar-refractivity contribution < 1.29 is 0 Å². The average Bonchev–Trinajstić information content (AvgIpc) is 3.16. The molecular weight excluding hydrogens is 380 g/mol. The Kier molecular flexibility index (Phi) is 4.70. The first kappa shape index (κ1) is 18.4. The molecule has 1 aliphatic rings. The molecule has 5 rings (SSSR count). The summed E-state index contributed by atoms with van der Waals surface area (Å²) in [5.41, 5.74) is 2.19. The van der Waals surface area contributed by atoms with E-state index in [1.807, 2.05) is 25.4 Å². The Morgan fingerprint density at radius 3 is 2.80 bits per heavy atom. The Labute approximate surface area is 173 Å². The number of aryl methyl sites for hydroxylation is 1. The van der Waals surface area contributed by atoms with Crippen LogP contribution < -0.4 is 10.5 Å². The fourth-order valence-electron chi connectivity index (χ4n) is 4.03. The number of hydrogen-bond acceptors (Lipinski definition) is 7. The number of hydrogen-bond donors (Lipinski definition) is 0. The lowest BCUT2D eigenvalue weighted by atomic mass is 9.96. The van der Waals surface area contributed by atoms with Crippen LogP contribution in [0.15, 0.2) is 54.2 Å². The van der Waals surface area contributed by atoms with Crippen LogP contribution in [-0.2, 0) is 13.6 Å². The van der Waals surface area contributed by atoms with Crippen molar-refractivity contribution >= 4 is 16.9 Å². The van der Waals surface area contributed by atoms with E-state index in [0.717, 1.165) is 48.3 Å². The smallest absolute Gasteiger partial charge is 0.253 e. The molecule has 9 nitrogen and oxygen atoms in total. The summed E-state index contributed by atoms with van der Waals surface area (Å²) in [6.07, 6.45) is 10.6. The molecule has 9 heteroatoms. The summed E-state index contributed by atoms with van der Waals surface area (Å²) in [5.74, 6) is 1.36. The Bertz CT molecular complexity index is 1220. The van der Waals surface area contributed by atoms with Crippen molar-refractivity contribution in [1.29, 1.82) is 0 Å². The Balaban J connectivity index is 1.27. The van der Waals surface area contributed by atoms with Gasteiger partial charge in [-0.1, -0.05) is 0 Å². The first-order valence-corrected chi connectivity index (χ1v) is 10.0. The summed E-state index contributed by atoms with van der Waals surface area (Å²) < 4.78 is 3.48. The molecule has 0 bridgehead atoms. The van der Waals surface area contributed by atoms with E-state index in [1.165, 1.54) is 0 Å². The van der Waals surface area contributed by atoms with Gasteiger partial charge in [-0.25, -0.2) is 15.0 Å². The van der Waals surface area contributed by atoms with Gasteiger partial charge >= 0.3 is 0 Å². The molecule has 0 aliphatic carbocycles. The molecule has 0 spiro atoms. The molecule has 1 saturated heterocycles. The van der Waals surface area contributed by atoms with Crippen molar-refractivity contribution in [1.82, 2.24) is 34.3 Å². The molecule has 0 radical (unpaired) electrons. The summed E-state index contributed by atoms with van der Waals surface area (Å²) in [5, 5.41) is 5.34. The van der Waals surface area contributed by atoms with Gasteiger partial charge < -0.3 is 4.90 Å². The summed E-state index contributed by atoms with van der Waals surface area (Å²) >= 11 is 0. The van der Waals surface area contributed by atoms with Crippen molar-refractivity contribution in [2.24, 2.45) is 13.0 Å². The standard InChI is InChI=1S/C21H22N8O/c1-27-12-17-20(26-27)23-13-24-21(17)28-7-4-15(5-8-28)11-29-14-25-18(9-19(29)30)16-3-2-6-22-10-16/h2-3,6,9-10,12-15H,4-5,7-8,11H2,1H3. The second-order valence-corrected chi connectivity index (χ2v) is 7.67. The summed E-state index contributed by atoms with van der Waals surface area (Å²) in [6, 6.07) is 5.33. The van der Waals surface area contributed by atoms with E-state index < -0.39 is 0 Å². The number of rotatable bonds is 4. The molecule has 30 heavy (non-hydrogen) atoms. The molecule has 0 aromatic carbocycles. The van der Waals surface area contributed by atoms with Crippen LogP contribution in [0.5, 0.6) is 0 Å². The maximum Gasteiger partial charge on any atom is 0.253 e. The first-order valence-electron chi connectivity index (χ1n) is 10.0. The molecule has 0 N–H and O–H groups in total. The van der Waals surface area contributed by atoms with Crippen LogP contribution in [0.1, 0.15) is 12.8 Å². The number of aromatic nitrogens is 7. The molecule has 4 aromatic rings. The van der Waals surface area contributed by atoms with Gasteiger partial charge in [0.1, 0.15) is 12.1 Å². The zero-order valence-electron chi connectivity index (χ0n) is 16.7.